The molecule has 1 N–H and O–H groups in total. The van der Waals surface area contributed by atoms with Crippen molar-refractivity contribution in [3.8, 4) is 5.75 Å². The average Bonchev–Trinajstić information content (AvgIpc) is 2.88. The van der Waals surface area contributed by atoms with Crippen LogP contribution in [0.3, 0.4) is 0 Å². The highest BCUT2D eigenvalue weighted by molar-refractivity contribution is 6.31. The van der Waals surface area contributed by atoms with Crippen LogP contribution in [0.2, 0.25) is 5.02 Å². The molecule has 19 heavy (non-hydrogen) atoms. The van der Waals surface area contributed by atoms with E-state index in [2.05, 4.69) is 10.3 Å². The molecule has 1 aromatic carbocycles. The Hall–Kier alpha value is -2.07. The molecule has 2 aromatic rings. The molecule has 2 heterocycles. The topological polar surface area (TPSA) is 51.2 Å². The highest BCUT2D eigenvalue weighted by atomic mass is 35.5. The zero-order valence-electron chi connectivity index (χ0n) is 10.0. The van der Waals surface area contributed by atoms with Crippen LogP contribution in [0.5, 0.6) is 5.75 Å². The standard InChI is InChI=1S/C14H11ClN2O2/c15-11-7-10-3-6-19-13(10)12(8-11)17-14(18)9-1-4-16-5-2-9/h1-2,4-5,7-8H,3,6H2,(H,17,18). The molecule has 0 aliphatic carbocycles. The molecule has 4 nitrogen and oxygen atoms in total. The van der Waals surface area contributed by atoms with Gasteiger partial charge in [-0.25, -0.2) is 0 Å². The lowest BCUT2D eigenvalue weighted by Gasteiger charge is -2.10. The third-order valence-corrected chi connectivity index (χ3v) is 3.16. The van der Waals surface area contributed by atoms with Crippen molar-refractivity contribution < 1.29 is 9.53 Å². The van der Waals surface area contributed by atoms with Crippen LogP contribution < -0.4 is 10.1 Å². The Kier molecular flexibility index (Phi) is 3.09. The summed E-state index contributed by atoms with van der Waals surface area (Å²) in [7, 11) is 0. The molecular weight excluding hydrogens is 264 g/mol. The minimum atomic E-state index is -0.206. The molecule has 5 heteroatoms. The fourth-order valence-corrected chi connectivity index (χ4v) is 2.30. The molecule has 96 valence electrons. The number of amides is 1. The van der Waals surface area contributed by atoms with E-state index in [1.807, 2.05) is 6.07 Å². The monoisotopic (exact) mass is 274 g/mol. The summed E-state index contributed by atoms with van der Waals surface area (Å²) < 4.78 is 5.54. The lowest BCUT2D eigenvalue weighted by atomic mass is 10.1. The van der Waals surface area contributed by atoms with Crippen LogP contribution in [0.25, 0.3) is 0 Å². The van der Waals surface area contributed by atoms with E-state index in [9.17, 15) is 4.79 Å². The van der Waals surface area contributed by atoms with Crippen molar-refractivity contribution in [2.45, 2.75) is 6.42 Å². The number of aromatic nitrogens is 1. The molecule has 0 atom stereocenters. The van der Waals surface area contributed by atoms with Gasteiger partial charge < -0.3 is 10.1 Å². The summed E-state index contributed by atoms with van der Waals surface area (Å²) in [5.74, 6) is 0.508. The number of hydrogen-bond acceptors (Lipinski definition) is 3. The summed E-state index contributed by atoms with van der Waals surface area (Å²) in [6, 6.07) is 6.87. The maximum Gasteiger partial charge on any atom is 0.255 e. The second kappa shape index (κ2) is 4.90. The number of pyridine rings is 1. The summed E-state index contributed by atoms with van der Waals surface area (Å²) in [6.45, 7) is 0.619. The van der Waals surface area contributed by atoms with Gasteiger partial charge >= 0.3 is 0 Å². The lowest BCUT2D eigenvalue weighted by Crippen LogP contribution is -2.12. The minimum Gasteiger partial charge on any atom is -0.491 e. The summed E-state index contributed by atoms with van der Waals surface area (Å²) in [6.07, 6.45) is 3.97. The lowest BCUT2D eigenvalue weighted by molar-refractivity contribution is 0.102. The third kappa shape index (κ3) is 2.39. The SMILES string of the molecule is O=C(Nc1cc(Cl)cc2c1OCC2)c1ccncc1. The highest BCUT2D eigenvalue weighted by Gasteiger charge is 2.19. The second-order valence-electron chi connectivity index (χ2n) is 4.23. The molecule has 0 radical (unpaired) electrons. The minimum absolute atomic E-state index is 0.206. The van der Waals surface area contributed by atoms with E-state index in [0.29, 0.717) is 28.6 Å². The Morgan fingerprint density at radius 2 is 2.11 bits per heavy atom. The van der Waals surface area contributed by atoms with Crippen LogP contribution in [-0.2, 0) is 6.42 Å². The third-order valence-electron chi connectivity index (χ3n) is 2.94. The highest BCUT2D eigenvalue weighted by Crippen LogP contribution is 2.36. The number of hydrogen-bond donors (Lipinski definition) is 1. The van der Waals surface area contributed by atoms with E-state index in [0.717, 1.165) is 12.0 Å². The molecule has 0 spiro atoms. The normalized spacial score (nSPS) is 12.7. The van der Waals surface area contributed by atoms with Crippen molar-refractivity contribution in [1.29, 1.82) is 0 Å². The molecule has 1 aliphatic heterocycles. The Balaban J connectivity index is 1.90. The van der Waals surface area contributed by atoms with Gasteiger partial charge in [-0.15, -0.1) is 0 Å². The molecule has 0 fully saturated rings. The van der Waals surface area contributed by atoms with Crippen LogP contribution >= 0.6 is 11.6 Å². The van der Waals surface area contributed by atoms with Gasteiger partial charge in [-0.05, 0) is 24.3 Å². The first-order valence-corrected chi connectivity index (χ1v) is 6.28. The van der Waals surface area contributed by atoms with E-state index in [-0.39, 0.29) is 5.91 Å². The molecular formula is C14H11ClN2O2. The average molecular weight is 275 g/mol. The maximum absolute atomic E-state index is 12.1. The van der Waals surface area contributed by atoms with Crippen molar-refractivity contribution in [2.24, 2.45) is 0 Å². The Labute approximate surface area is 115 Å². The first-order valence-electron chi connectivity index (χ1n) is 5.90. The summed E-state index contributed by atoms with van der Waals surface area (Å²) in [5, 5.41) is 3.42. The van der Waals surface area contributed by atoms with E-state index in [1.54, 1.807) is 30.6 Å². The zero-order chi connectivity index (χ0) is 13.2. The van der Waals surface area contributed by atoms with Gasteiger partial charge in [0.2, 0.25) is 0 Å². The van der Waals surface area contributed by atoms with Gasteiger partial charge in [0.05, 0.1) is 12.3 Å². The van der Waals surface area contributed by atoms with Crippen LogP contribution in [0, 0.1) is 0 Å². The molecule has 0 unspecified atom stereocenters. The molecule has 1 amide bonds. The van der Waals surface area contributed by atoms with Gasteiger partial charge in [0.15, 0.2) is 0 Å². The number of rotatable bonds is 2. The number of fused-ring (bicyclic) bond motifs is 1. The number of ether oxygens (including phenoxy) is 1. The van der Waals surface area contributed by atoms with E-state index < -0.39 is 0 Å². The predicted octanol–water partition coefficient (Wildman–Crippen LogP) is 2.92. The van der Waals surface area contributed by atoms with Crippen molar-refractivity contribution in [3.05, 3.63) is 52.8 Å². The molecule has 0 bridgehead atoms. The molecule has 0 saturated heterocycles. The predicted molar refractivity (Wildman–Crippen MR) is 72.8 cm³/mol. The van der Waals surface area contributed by atoms with Crippen molar-refractivity contribution in [1.82, 2.24) is 4.98 Å². The first-order chi connectivity index (χ1) is 9.24. The fraction of sp³-hybridized carbons (Fsp3) is 0.143. The Morgan fingerprint density at radius 1 is 1.32 bits per heavy atom. The van der Waals surface area contributed by atoms with E-state index in [1.165, 1.54) is 0 Å². The van der Waals surface area contributed by atoms with E-state index in [4.69, 9.17) is 16.3 Å². The zero-order valence-corrected chi connectivity index (χ0v) is 10.8. The van der Waals surface area contributed by atoms with Crippen molar-refractivity contribution in [3.63, 3.8) is 0 Å². The van der Waals surface area contributed by atoms with Gasteiger partial charge in [-0.1, -0.05) is 11.6 Å². The summed E-state index contributed by atoms with van der Waals surface area (Å²) in [5.41, 5.74) is 2.18. The Morgan fingerprint density at radius 3 is 2.89 bits per heavy atom. The van der Waals surface area contributed by atoms with Gasteiger partial charge in [0.25, 0.3) is 5.91 Å². The number of halogens is 1. The van der Waals surface area contributed by atoms with Crippen LogP contribution in [0.1, 0.15) is 15.9 Å². The Bertz CT molecular complexity index is 629. The van der Waals surface area contributed by atoms with Gasteiger partial charge in [-0.2, -0.15) is 0 Å². The molecule has 3 rings (SSSR count). The summed E-state index contributed by atoms with van der Waals surface area (Å²) >= 11 is 6.04. The number of carbonyl (C=O) groups is 1. The number of nitrogens with zero attached hydrogens (tertiary/aromatic N) is 1. The quantitative estimate of drug-likeness (QED) is 0.916. The molecule has 1 aromatic heterocycles. The van der Waals surface area contributed by atoms with Gasteiger partial charge in [0.1, 0.15) is 5.75 Å². The number of benzene rings is 1. The van der Waals surface area contributed by atoms with Gasteiger partial charge in [-0.3, -0.25) is 9.78 Å². The van der Waals surface area contributed by atoms with Crippen molar-refractivity contribution >= 4 is 23.2 Å². The van der Waals surface area contributed by atoms with Gasteiger partial charge in [0, 0.05) is 35.0 Å². The van der Waals surface area contributed by atoms with Crippen LogP contribution in [0.4, 0.5) is 5.69 Å². The maximum atomic E-state index is 12.1. The van der Waals surface area contributed by atoms with E-state index >= 15 is 0 Å². The fourth-order valence-electron chi connectivity index (χ4n) is 2.06. The molecule has 0 saturated carbocycles. The summed E-state index contributed by atoms with van der Waals surface area (Å²) in [4.78, 5) is 16.0. The van der Waals surface area contributed by atoms with Crippen LogP contribution in [0.15, 0.2) is 36.7 Å². The number of carbonyl (C=O) groups excluding carboxylic acids is 1. The number of nitrogens with one attached hydrogen (secondary N) is 1. The van der Waals surface area contributed by atoms with Crippen LogP contribution in [-0.4, -0.2) is 17.5 Å². The first kappa shape index (κ1) is 12.0. The van der Waals surface area contributed by atoms with Crippen molar-refractivity contribution in [2.75, 3.05) is 11.9 Å². The number of anilines is 1. The largest absolute Gasteiger partial charge is 0.491 e. The molecule has 1 aliphatic rings. The second-order valence-corrected chi connectivity index (χ2v) is 4.67. The smallest absolute Gasteiger partial charge is 0.255 e.